The molecule has 2 aromatic carbocycles. The van der Waals surface area contributed by atoms with Crippen LogP contribution in [-0.2, 0) is 27.0 Å². The molecule has 1 N–H and O–H groups in total. The number of sulfonamides is 1. The van der Waals surface area contributed by atoms with Gasteiger partial charge in [0.2, 0.25) is 0 Å². The Morgan fingerprint density at radius 2 is 1.14 bits per heavy atom. The van der Waals surface area contributed by atoms with Crippen molar-refractivity contribution in [1.82, 2.24) is 0 Å². The lowest BCUT2D eigenvalue weighted by Crippen LogP contribution is -2.20. The molecule has 0 unspecified atom stereocenters. The summed E-state index contributed by atoms with van der Waals surface area (Å²) in [6.45, 7) is 12.0. The molecule has 3 nitrogen and oxygen atoms in total. The van der Waals surface area contributed by atoms with Crippen LogP contribution in [0.2, 0.25) is 0 Å². The molecule has 7 heteroatoms. The number of benzene rings is 2. The molecular weight excluding hydrogens is 387 g/mol. The Balaban J connectivity index is 2.47. The van der Waals surface area contributed by atoms with E-state index >= 15 is 0 Å². The maximum atomic E-state index is 12.9. The first-order valence-corrected chi connectivity index (χ1v) is 10.3. The molecule has 2 rings (SSSR count). The second kappa shape index (κ2) is 7.10. The van der Waals surface area contributed by atoms with E-state index in [-0.39, 0.29) is 21.4 Å². The van der Waals surface area contributed by atoms with Crippen LogP contribution in [0.4, 0.5) is 18.9 Å². The van der Waals surface area contributed by atoms with E-state index in [1.165, 1.54) is 0 Å². The molecule has 0 saturated heterocycles. The number of alkyl halides is 3. The van der Waals surface area contributed by atoms with Gasteiger partial charge in [0.15, 0.2) is 0 Å². The van der Waals surface area contributed by atoms with Crippen LogP contribution in [0, 0.1) is 0 Å². The van der Waals surface area contributed by atoms with E-state index in [1.54, 1.807) is 12.1 Å². The number of anilines is 1. The average molecular weight is 414 g/mol. The molecule has 0 radical (unpaired) electrons. The van der Waals surface area contributed by atoms with Crippen molar-refractivity contribution in [2.75, 3.05) is 4.72 Å². The first-order chi connectivity index (χ1) is 12.5. The summed E-state index contributed by atoms with van der Waals surface area (Å²) in [5.41, 5.74) is 0.451. The Morgan fingerprint density at radius 1 is 0.714 bits per heavy atom. The van der Waals surface area contributed by atoms with Crippen LogP contribution in [-0.4, -0.2) is 8.42 Å². The highest BCUT2D eigenvalue weighted by Crippen LogP contribution is 2.33. The summed E-state index contributed by atoms with van der Waals surface area (Å²) in [5.74, 6) is 0. The lowest BCUT2D eigenvalue weighted by molar-refractivity contribution is -0.137. The fourth-order valence-electron chi connectivity index (χ4n) is 2.56. The highest BCUT2D eigenvalue weighted by molar-refractivity contribution is 7.92. The van der Waals surface area contributed by atoms with Gasteiger partial charge in [-0.25, -0.2) is 8.42 Å². The van der Waals surface area contributed by atoms with E-state index in [2.05, 4.69) is 4.72 Å². The summed E-state index contributed by atoms with van der Waals surface area (Å²) in [6.07, 6.45) is -4.47. The van der Waals surface area contributed by atoms with E-state index in [0.717, 1.165) is 35.4 Å². The van der Waals surface area contributed by atoms with Crippen molar-refractivity contribution in [3.63, 3.8) is 0 Å². The minimum absolute atomic E-state index is 0.0754. The Kier molecular flexibility index (Phi) is 5.65. The van der Waals surface area contributed by atoms with Gasteiger partial charge < -0.3 is 0 Å². The molecule has 28 heavy (non-hydrogen) atoms. The smallest absolute Gasteiger partial charge is 0.280 e. The van der Waals surface area contributed by atoms with Gasteiger partial charge >= 0.3 is 6.18 Å². The number of nitrogens with one attached hydrogen (secondary N) is 1. The summed E-state index contributed by atoms with van der Waals surface area (Å²) in [7, 11) is -3.96. The zero-order chi connectivity index (χ0) is 21.5. The first-order valence-electron chi connectivity index (χ1n) is 8.86. The summed E-state index contributed by atoms with van der Waals surface area (Å²) in [4.78, 5) is 0.0877. The Morgan fingerprint density at radius 3 is 1.50 bits per heavy atom. The molecule has 0 bridgehead atoms. The second-order valence-electron chi connectivity index (χ2n) is 8.93. The molecule has 0 aliphatic rings. The number of hydrogen-bond acceptors (Lipinski definition) is 2. The largest absolute Gasteiger partial charge is 0.416 e. The lowest BCUT2D eigenvalue weighted by Gasteiger charge is -2.26. The molecule has 2 aromatic rings. The number of hydrogen-bond donors (Lipinski definition) is 1. The van der Waals surface area contributed by atoms with Crippen molar-refractivity contribution in [3.8, 4) is 0 Å². The van der Waals surface area contributed by atoms with Crippen LogP contribution in [0.5, 0.6) is 0 Å². The van der Waals surface area contributed by atoms with Gasteiger partial charge in [-0.3, -0.25) is 4.72 Å². The van der Waals surface area contributed by atoms with E-state index in [4.69, 9.17) is 0 Å². The van der Waals surface area contributed by atoms with Crippen LogP contribution < -0.4 is 4.72 Å². The monoisotopic (exact) mass is 413 g/mol. The maximum absolute atomic E-state index is 12.9. The minimum Gasteiger partial charge on any atom is -0.280 e. The molecule has 0 atom stereocenters. The third-order valence-corrected chi connectivity index (χ3v) is 5.77. The highest BCUT2D eigenvalue weighted by Gasteiger charge is 2.30. The molecule has 0 spiro atoms. The van der Waals surface area contributed by atoms with E-state index in [9.17, 15) is 21.6 Å². The normalized spacial score (nSPS) is 13.5. The number of rotatable bonds is 3. The van der Waals surface area contributed by atoms with Gasteiger partial charge in [0.05, 0.1) is 10.5 Å². The zero-order valence-electron chi connectivity index (χ0n) is 16.9. The van der Waals surface area contributed by atoms with Crippen molar-refractivity contribution in [2.45, 2.75) is 63.4 Å². The van der Waals surface area contributed by atoms with Gasteiger partial charge in [-0.2, -0.15) is 13.2 Å². The Labute approximate surface area is 165 Å². The van der Waals surface area contributed by atoms with E-state index in [0.29, 0.717) is 0 Å². The van der Waals surface area contributed by atoms with Crippen LogP contribution in [0.1, 0.15) is 58.2 Å². The van der Waals surface area contributed by atoms with Gasteiger partial charge in [0.1, 0.15) is 0 Å². The van der Waals surface area contributed by atoms with Crippen molar-refractivity contribution in [1.29, 1.82) is 0 Å². The third-order valence-electron chi connectivity index (χ3n) is 4.41. The van der Waals surface area contributed by atoms with E-state index < -0.39 is 21.8 Å². The van der Waals surface area contributed by atoms with Crippen molar-refractivity contribution in [2.24, 2.45) is 0 Å². The van der Waals surface area contributed by atoms with Crippen molar-refractivity contribution in [3.05, 3.63) is 59.2 Å². The predicted octanol–water partition coefficient (Wildman–Crippen LogP) is 6.10. The summed E-state index contributed by atoms with van der Waals surface area (Å²) < 4.78 is 66.3. The lowest BCUT2D eigenvalue weighted by atomic mass is 9.81. The molecule has 0 fully saturated rings. The second-order valence-corrected chi connectivity index (χ2v) is 10.6. The highest BCUT2D eigenvalue weighted by atomic mass is 32.2. The minimum atomic E-state index is -4.47. The summed E-state index contributed by atoms with van der Waals surface area (Å²) >= 11 is 0. The van der Waals surface area contributed by atoms with Crippen LogP contribution >= 0.6 is 0 Å². The zero-order valence-corrected chi connectivity index (χ0v) is 17.7. The molecule has 154 valence electrons. The first kappa shape index (κ1) is 22.3. The van der Waals surface area contributed by atoms with Gasteiger partial charge in [-0.05, 0) is 58.4 Å². The van der Waals surface area contributed by atoms with Crippen molar-refractivity contribution >= 4 is 15.7 Å². The molecular formula is C21H26F3NO2S. The molecule has 0 aliphatic heterocycles. The molecule has 0 saturated carbocycles. The number of halogens is 3. The average Bonchev–Trinajstić information content (AvgIpc) is 2.52. The third kappa shape index (κ3) is 5.28. The predicted molar refractivity (Wildman–Crippen MR) is 106 cm³/mol. The van der Waals surface area contributed by atoms with Crippen LogP contribution in [0.3, 0.4) is 0 Å². The van der Waals surface area contributed by atoms with Gasteiger partial charge in [-0.1, -0.05) is 47.6 Å². The van der Waals surface area contributed by atoms with Crippen LogP contribution in [0.15, 0.2) is 47.4 Å². The van der Waals surface area contributed by atoms with Gasteiger partial charge in [0.25, 0.3) is 10.0 Å². The van der Waals surface area contributed by atoms with Gasteiger partial charge in [-0.15, -0.1) is 0 Å². The fourth-order valence-corrected chi connectivity index (χ4v) is 3.69. The van der Waals surface area contributed by atoms with Gasteiger partial charge in [0, 0.05) is 5.69 Å². The van der Waals surface area contributed by atoms with Crippen molar-refractivity contribution < 1.29 is 21.6 Å². The molecule has 0 aliphatic carbocycles. The quantitative estimate of drug-likeness (QED) is 0.661. The topological polar surface area (TPSA) is 46.2 Å². The molecule has 0 amide bonds. The fraction of sp³-hybridized carbons (Fsp3) is 0.429. The summed E-state index contributed by atoms with van der Waals surface area (Å²) in [6, 6.07) is 9.14. The van der Waals surface area contributed by atoms with E-state index in [1.807, 2.05) is 47.6 Å². The Hall–Kier alpha value is -2.02. The Bertz CT molecular complexity index is 917. The summed E-state index contributed by atoms with van der Waals surface area (Å²) in [5, 5.41) is 0. The maximum Gasteiger partial charge on any atom is 0.416 e. The molecule has 0 heterocycles. The molecule has 0 aromatic heterocycles. The standard InChI is InChI=1S/C21H26F3NO2S/c1-19(2,3)15-11-16(20(4,5)6)13-18(12-15)28(26,27)25-17-9-7-14(8-10-17)21(22,23)24/h7-13,25H,1-6H3. The SMILES string of the molecule is CC(C)(C)c1cc(C(C)(C)C)cc(S(=O)(=O)Nc2ccc(C(F)(F)F)cc2)c1. The van der Waals surface area contributed by atoms with Crippen LogP contribution in [0.25, 0.3) is 0 Å².